The highest BCUT2D eigenvalue weighted by Crippen LogP contribution is 2.29. The first kappa shape index (κ1) is 21.7. The summed E-state index contributed by atoms with van der Waals surface area (Å²) in [6.45, 7) is 7.29. The third-order valence-corrected chi connectivity index (χ3v) is 5.66. The summed E-state index contributed by atoms with van der Waals surface area (Å²) < 4.78 is 5.27. The zero-order valence-corrected chi connectivity index (χ0v) is 19.1. The number of likely N-dealkylation sites (tertiary alicyclic amines) is 1. The molecular formula is C25H29N5O2. The van der Waals surface area contributed by atoms with Crippen LogP contribution in [-0.4, -0.2) is 46.0 Å². The summed E-state index contributed by atoms with van der Waals surface area (Å²) in [4.78, 5) is 28.8. The second-order valence-electron chi connectivity index (χ2n) is 8.34. The highest BCUT2D eigenvalue weighted by atomic mass is 16.5. The molecule has 7 heteroatoms. The van der Waals surface area contributed by atoms with Crippen LogP contribution in [0.5, 0.6) is 5.75 Å². The average Bonchev–Trinajstić information content (AvgIpc) is 2.77. The molecule has 4 rings (SSSR count). The van der Waals surface area contributed by atoms with E-state index in [-0.39, 0.29) is 11.8 Å². The predicted octanol–water partition coefficient (Wildman–Crippen LogP) is 4.57. The second kappa shape index (κ2) is 9.34. The maximum Gasteiger partial charge on any atom is 0.254 e. The molecule has 166 valence electrons. The quantitative estimate of drug-likeness (QED) is 0.637. The van der Waals surface area contributed by atoms with Gasteiger partial charge < -0.3 is 15.0 Å². The van der Waals surface area contributed by atoms with Gasteiger partial charge in [-0.05, 0) is 70.0 Å². The Morgan fingerprint density at radius 2 is 1.78 bits per heavy atom. The molecule has 1 aromatic carbocycles. The van der Waals surface area contributed by atoms with E-state index in [1.165, 1.54) is 0 Å². The highest BCUT2D eigenvalue weighted by molar-refractivity contribution is 5.94. The maximum absolute atomic E-state index is 13.1. The summed E-state index contributed by atoms with van der Waals surface area (Å²) in [5.41, 5.74) is 5.31. The van der Waals surface area contributed by atoms with Crippen LogP contribution in [0, 0.1) is 20.8 Å². The van der Waals surface area contributed by atoms with Gasteiger partial charge in [0.25, 0.3) is 5.91 Å². The van der Waals surface area contributed by atoms with Crippen LogP contribution in [0.25, 0.3) is 0 Å². The fourth-order valence-electron chi connectivity index (χ4n) is 4.23. The zero-order valence-electron chi connectivity index (χ0n) is 19.1. The van der Waals surface area contributed by atoms with Crippen molar-refractivity contribution in [1.29, 1.82) is 0 Å². The van der Waals surface area contributed by atoms with E-state index in [9.17, 15) is 4.79 Å². The maximum atomic E-state index is 13.1. The summed E-state index contributed by atoms with van der Waals surface area (Å²) in [6, 6.07) is 13.3. The van der Waals surface area contributed by atoms with Crippen molar-refractivity contribution >= 4 is 17.5 Å². The number of amides is 1. The lowest BCUT2D eigenvalue weighted by atomic mass is 9.93. The van der Waals surface area contributed by atoms with Crippen LogP contribution in [0.4, 0.5) is 11.6 Å². The number of hydrogen-bond donors (Lipinski definition) is 1. The van der Waals surface area contributed by atoms with E-state index in [1.54, 1.807) is 13.2 Å². The normalized spacial score (nSPS) is 16.0. The van der Waals surface area contributed by atoms with Gasteiger partial charge in [0.05, 0.1) is 7.11 Å². The molecule has 1 aliphatic heterocycles. The van der Waals surface area contributed by atoms with Gasteiger partial charge in [0.15, 0.2) is 0 Å². The predicted molar refractivity (Wildman–Crippen MR) is 125 cm³/mol. The minimum atomic E-state index is 0.0308. The fraction of sp³-hybridized carbons (Fsp3) is 0.360. The minimum absolute atomic E-state index is 0.0308. The first-order valence-corrected chi connectivity index (χ1v) is 10.9. The van der Waals surface area contributed by atoms with E-state index >= 15 is 0 Å². The Labute approximate surface area is 188 Å². The topological polar surface area (TPSA) is 80.2 Å². The van der Waals surface area contributed by atoms with Gasteiger partial charge in [-0.3, -0.25) is 9.78 Å². The largest absolute Gasteiger partial charge is 0.497 e. The molecule has 1 saturated heterocycles. The summed E-state index contributed by atoms with van der Waals surface area (Å²) in [6.07, 6.45) is 1.94. The molecule has 1 amide bonds. The molecule has 0 aliphatic carbocycles. The first-order chi connectivity index (χ1) is 15.4. The average molecular weight is 432 g/mol. The van der Waals surface area contributed by atoms with Gasteiger partial charge in [-0.1, -0.05) is 6.07 Å². The molecule has 0 saturated carbocycles. The number of piperidine rings is 1. The Balaban J connectivity index is 1.53. The smallest absolute Gasteiger partial charge is 0.254 e. The van der Waals surface area contributed by atoms with Crippen molar-refractivity contribution in [2.24, 2.45) is 0 Å². The molecule has 2 aromatic heterocycles. The summed E-state index contributed by atoms with van der Waals surface area (Å²) in [5.74, 6) is 1.48. The standard InChI is InChI=1S/C25H29N5O2/c1-16-11-17(2)28-25(27-16)29-21-12-18(3)26-23(14-21)20-8-6-10-30(15-20)24(31)19-7-5-9-22(13-19)32-4/h5,7,9,11-14,20H,6,8,10,15H2,1-4H3,(H,26,27,28,29)/t20-/m0/s1. The SMILES string of the molecule is COc1cccc(C(=O)N2CCC[C@H](c3cc(Nc4nc(C)cc(C)n4)cc(C)n3)C2)c1. The lowest BCUT2D eigenvalue weighted by molar-refractivity contribution is 0.0705. The Hall–Kier alpha value is -3.48. The summed E-state index contributed by atoms with van der Waals surface area (Å²) in [7, 11) is 1.61. The number of ether oxygens (including phenoxy) is 1. The van der Waals surface area contributed by atoms with Crippen molar-refractivity contribution < 1.29 is 9.53 Å². The van der Waals surface area contributed by atoms with Crippen LogP contribution in [0.15, 0.2) is 42.5 Å². The van der Waals surface area contributed by atoms with E-state index < -0.39 is 0 Å². The number of nitrogens with one attached hydrogen (secondary N) is 1. The molecule has 0 unspecified atom stereocenters. The molecule has 3 aromatic rings. The van der Waals surface area contributed by atoms with Gasteiger partial charge in [-0.15, -0.1) is 0 Å². The molecule has 3 heterocycles. The number of nitrogens with zero attached hydrogens (tertiary/aromatic N) is 4. The van der Waals surface area contributed by atoms with Crippen molar-refractivity contribution in [3.63, 3.8) is 0 Å². The van der Waals surface area contributed by atoms with Gasteiger partial charge >= 0.3 is 0 Å². The Morgan fingerprint density at radius 3 is 2.53 bits per heavy atom. The first-order valence-electron chi connectivity index (χ1n) is 10.9. The lowest BCUT2D eigenvalue weighted by Gasteiger charge is -2.33. The number of carbonyl (C=O) groups is 1. The van der Waals surface area contributed by atoms with Crippen molar-refractivity contribution in [1.82, 2.24) is 19.9 Å². The molecule has 0 spiro atoms. The van der Waals surface area contributed by atoms with E-state index in [4.69, 9.17) is 9.72 Å². The monoisotopic (exact) mass is 431 g/mol. The Bertz CT molecular complexity index is 1110. The Morgan fingerprint density at radius 1 is 1.03 bits per heavy atom. The third-order valence-electron chi connectivity index (χ3n) is 5.66. The minimum Gasteiger partial charge on any atom is -0.497 e. The number of hydrogen-bond acceptors (Lipinski definition) is 6. The number of aryl methyl sites for hydroxylation is 3. The van der Waals surface area contributed by atoms with E-state index in [0.29, 0.717) is 23.8 Å². The summed E-state index contributed by atoms with van der Waals surface area (Å²) in [5, 5.41) is 3.32. The van der Waals surface area contributed by atoms with E-state index in [1.807, 2.05) is 56.0 Å². The zero-order chi connectivity index (χ0) is 22.7. The molecule has 0 bridgehead atoms. The molecule has 32 heavy (non-hydrogen) atoms. The molecule has 0 radical (unpaired) electrons. The van der Waals surface area contributed by atoms with Gasteiger partial charge in [-0.2, -0.15) is 0 Å². The highest BCUT2D eigenvalue weighted by Gasteiger charge is 2.27. The number of methoxy groups -OCH3 is 1. The number of pyridine rings is 1. The van der Waals surface area contributed by atoms with Gasteiger partial charge in [-0.25, -0.2) is 9.97 Å². The van der Waals surface area contributed by atoms with Crippen molar-refractivity contribution in [2.45, 2.75) is 39.5 Å². The van der Waals surface area contributed by atoms with E-state index in [0.717, 1.165) is 47.8 Å². The van der Waals surface area contributed by atoms with Gasteiger partial charge in [0, 0.05) is 53.0 Å². The van der Waals surface area contributed by atoms with Crippen LogP contribution >= 0.6 is 0 Å². The van der Waals surface area contributed by atoms with Crippen molar-refractivity contribution in [3.8, 4) is 5.75 Å². The van der Waals surface area contributed by atoms with Crippen LogP contribution in [0.3, 0.4) is 0 Å². The van der Waals surface area contributed by atoms with Crippen LogP contribution in [0.1, 0.15) is 51.9 Å². The van der Waals surface area contributed by atoms with Gasteiger partial charge in [0.1, 0.15) is 5.75 Å². The van der Waals surface area contributed by atoms with Crippen LogP contribution < -0.4 is 10.1 Å². The molecule has 1 N–H and O–H groups in total. The van der Waals surface area contributed by atoms with Crippen LogP contribution in [0.2, 0.25) is 0 Å². The summed E-state index contributed by atoms with van der Waals surface area (Å²) >= 11 is 0. The van der Waals surface area contributed by atoms with Crippen molar-refractivity contribution in [3.05, 3.63) is 70.8 Å². The number of rotatable bonds is 5. The number of benzene rings is 1. The Kier molecular flexibility index (Phi) is 6.35. The molecule has 1 atom stereocenters. The van der Waals surface area contributed by atoms with Crippen molar-refractivity contribution in [2.75, 3.05) is 25.5 Å². The lowest BCUT2D eigenvalue weighted by Crippen LogP contribution is -2.39. The number of carbonyl (C=O) groups excluding carboxylic acids is 1. The molecule has 7 nitrogen and oxygen atoms in total. The van der Waals surface area contributed by atoms with E-state index in [2.05, 4.69) is 21.4 Å². The number of anilines is 2. The molecule has 1 fully saturated rings. The third kappa shape index (κ3) is 5.04. The van der Waals surface area contributed by atoms with Crippen LogP contribution in [-0.2, 0) is 0 Å². The van der Waals surface area contributed by atoms with Gasteiger partial charge in [0.2, 0.25) is 5.95 Å². The fourth-order valence-corrected chi connectivity index (χ4v) is 4.23. The molecular weight excluding hydrogens is 402 g/mol. The second-order valence-corrected chi connectivity index (χ2v) is 8.34. The number of aromatic nitrogens is 3. The molecule has 1 aliphatic rings.